The number of carbonyl (C=O) groups excluding carboxylic acids is 1. The third-order valence-electron chi connectivity index (χ3n) is 1.81. The number of para-hydroxylation sites is 1. The molecule has 0 aliphatic heterocycles. The summed E-state index contributed by atoms with van der Waals surface area (Å²) in [4.78, 5) is 11.4. The van der Waals surface area contributed by atoms with Crippen molar-refractivity contribution in [2.24, 2.45) is 0 Å². The van der Waals surface area contributed by atoms with Crippen LogP contribution in [-0.4, -0.2) is 32.8 Å². The molecule has 4 nitrogen and oxygen atoms in total. The summed E-state index contributed by atoms with van der Waals surface area (Å²) in [6.07, 6.45) is 0. The summed E-state index contributed by atoms with van der Waals surface area (Å²) in [6, 6.07) is 7.42. The summed E-state index contributed by atoms with van der Waals surface area (Å²) in [6.45, 7) is 0.937. The van der Waals surface area contributed by atoms with E-state index in [2.05, 4.69) is 21.2 Å². The Hall–Kier alpha value is -0.910. The molecule has 0 bridgehead atoms. The van der Waals surface area contributed by atoms with Crippen LogP contribution in [0, 0.1) is 0 Å². The number of ether oxygens (including phenoxy) is 2. The highest BCUT2D eigenvalue weighted by molar-refractivity contribution is 9.10. The molecule has 0 radical (unpaired) electrons. The Morgan fingerprint density at radius 3 is 2.81 bits per heavy atom. The number of methoxy groups -OCH3 is 1. The van der Waals surface area contributed by atoms with E-state index in [9.17, 15) is 4.79 Å². The zero-order valence-corrected chi connectivity index (χ0v) is 10.6. The fourth-order valence-corrected chi connectivity index (χ4v) is 1.44. The number of anilines is 1. The minimum absolute atomic E-state index is 0.0324. The Morgan fingerprint density at radius 1 is 1.38 bits per heavy atom. The van der Waals surface area contributed by atoms with Crippen LogP contribution in [0.3, 0.4) is 0 Å². The molecule has 0 saturated carbocycles. The summed E-state index contributed by atoms with van der Waals surface area (Å²) in [7, 11) is 1.59. The van der Waals surface area contributed by atoms with Gasteiger partial charge in [0.25, 0.3) is 0 Å². The average molecular weight is 288 g/mol. The number of rotatable bonds is 6. The molecule has 88 valence electrons. The van der Waals surface area contributed by atoms with E-state index in [1.165, 1.54) is 0 Å². The van der Waals surface area contributed by atoms with Gasteiger partial charge >= 0.3 is 0 Å². The molecule has 1 aromatic carbocycles. The molecule has 16 heavy (non-hydrogen) atoms. The van der Waals surface area contributed by atoms with E-state index < -0.39 is 0 Å². The van der Waals surface area contributed by atoms with Crippen LogP contribution < -0.4 is 5.32 Å². The Balaban J connectivity index is 2.32. The van der Waals surface area contributed by atoms with Crippen molar-refractivity contribution in [3.63, 3.8) is 0 Å². The second kappa shape index (κ2) is 7.38. The molecule has 0 spiro atoms. The topological polar surface area (TPSA) is 47.6 Å². The van der Waals surface area contributed by atoms with Crippen LogP contribution in [-0.2, 0) is 14.3 Å². The zero-order valence-electron chi connectivity index (χ0n) is 9.03. The fraction of sp³-hybridized carbons (Fsp3) is 0.364. The second-order valence-electron chi connectivity index (χ2n) is 3.07. The van der Waals surface area contributed by atoms with Crippen molar-refractivity contribution in [1.82, 2.24) is 0 Å². The highest BCUT2D eigenvalue weighted by atomic mass is 79.9. The first-order valence-electron chi connectivity index (χ1n) is 4.85. The lowest BCUT2D eigenvalue weighted by atomic mass is 10.3. The highest BCUT2D eigenvalue weighted by Crippen LogP contribution is 2.20. The van der Waals surface area contributed by atoms with Gasteiger partial charge in [0, 0.05) is 11.6 Å². The van der Waals surface area contributed by atoms with Crippen LogP contribution in [0.2, 0.25) is 0 Å². The number of nitrogens with one attached hydrogen (secondary N) is 1. The fourth-order valence-electron chi connectivity index (χ4n) is 1.06. The molecule has 0 atom stereocenters. The SMILES string of the molecule is COCCOCC(=O)Nc1ccccc1Br. The Bertz CT molecular complexity index is 344. The van der Waals surface area contributed by atoms with Gasteiger partial charge in [-0.15, -0.1) is 0 Å². The first kappa shape index (κ1) is 13.2. The van der Waals surface area contributed by atoms with Crippen molar-refractivity contribution in [1.29, 1.82) is 0 Å². The van der Waals surface area contributed by atoms with Gasteiger partial charge in [0.1, 0.15) is 6.61 Å². The molecule has 1 rings (SSSR count). The molecule has 1 amide bonds. The summed E-state index contributed by atoms with van der Waals surface area (Å²) >= 11 is 3.34. The van der Waals surface area contributed by atoms with Gasteiger partial charge in [0.2, 0.25) is 5.91 Å². The van der Waals surface area contributed by atoms with E-state index in [-0.39, 0.29) is 12.5 Å². The van der Waals surface area contributed by atoms with Gasteiger partial charge in [-0.05, 0) is 28.1 Å². The third-order valence-corrected chi connectivity index (χ3v) is 2.50. The molecular weight excluding hydrogens is 274 g/mol. The van der Waals surface area contributed by atoms with Gasteiger partial charge in [-0.25, -0.2) is 0 Å². The summed E-state index contributed by atoms with van der Waals surface area (Å²) in [5, 5.41) is 2.74. The van der Waals surface area contributed by atoms with Crippen molar-refractivity contribution in [2.45, 2.75) is 0 Å². The van der Waals surface area contributed by atoms with Gasteiger partial charge in [-0.1, -0.05) is 12.1 Å². The maximum atomic E-state index is 11.4. The molecule has 1 aromatic rings. The smallest absolute Gasteiger partial charge is 0.250 e. The number of hydrogen-bond acceptors (Lipinski definition) is 3. The number of amides is 1. The molecule has 0 fully saturated rings. The molecule has 1 N–H and O–H groups in total. The standard InChI is InChI=1S/C11H14BrNO3/c1-15-6-7-16-8-11(14)13-10-5-3-2-4-9(10)12/h2-5H,6-8H2,1H3,(H,13,14). The van der Waals surface area contributed by atoms with Gasteiger partial charge in [-0.3, -0.25) is 4.79 Å². The van der Waals surface area contributed by atoms with Gasteiger partial charge in [0.05, 0.1) is 18.9 Å². The minimum Gasteiger partial charge on any atom is -0.382 e. The summed E-state index contributed by atoms with van der Waals surface area (Å²) in [5.41, 5.74) is 0.739. The highest BCUT2D eigenvalue weighted by Gasteiger charge is 2.04. The zero-order chi connectivity index (χ0) is 11.8. The van der Waals surface area contributed by atoms with Gasteiger partial charge < -0.3 is 14.8 Å². The first-order chi connectivity index (χ1) is 7.74. The minimum atomic E-state index is -0.178. The number of carbonyl (C=O) groups is 1. The number of hydrogen-bond donors (Lipinski definition) is 1. The van der Waals surface area contributed by atoms with Crippen molar-refractivity contribution in [3.8, 4) is 0 Å². The van der Waals surface area contributed by atoms with E-state index in [4.69, 9.17) is 9.47 Å². The normalized spacial score (nSPS) is 10.1. The van der Waals surface area contributed by atoms with Crippen LogP contribution in [0.15, 0.2) is 28.7 Å². The van der Waals surface area contributed by atoms with Crippen molar-refractivity contribution in [3.05, 3.63) is 28.7 Å². The van der Waals surface area contributed by atoms with Crippen molar-refractivity contribution >= 4 is 27.5 Å². The molecule has 0 aliphatic rings. The predicted molar refractivity (Wildman–Crippen MR) is 65.5 cm³/mol. The molecular formula is C11H14BrNO3. The maximum absolute atomic E-state index is 11.4. The van der Waals surface area contributed by atoms with Crippen LogP contribution >= 0.6 is 15.9 Å². The third kappa shape index (κ3) is 4.74. The second-order valence-corrected chi connectivity index (χ2v) is 3.93. The average Bonchev–Trinajstić information content (AvgIpc) is 2.28. The first-order valence-corrected chi connectivity index (χ1v) is 5.64. The Labute approximate surface area is 103 Å². The Kier molecular flexibility index (Phi) is 6.07. The monoisotopic (exact) mass is 287 g/mol. The molecule has 0 heterocycles. The van der Waals surface area contributed by atoms with E-state index in [1.54, 1.807) is 7.11 Å². The largest absolute Gasteiger partial charge is 0.382 e. The van der Waals surface area contributed by atoms with E-state index in [1.807, 2.05) is 24.3 Å². The lowest BCUT2D eigenvalue weighted by Crippen LogP contribution is -2.19. The number of benzene rings is 1. The van der Waals surface area contributed by atoms with Crippen molar-refractivity contribution in [2.75, 3.05) is 32.2 Å². The quantitative estimate of drug-likeness (QED) is 0.815. The van der Waals surface area contributed by atoms with Crippen LogP contribution in [0.5, 0.6) is 0 Å². The lowest BCUT2D eigenvalue weighted by molar-refractivity contribution is -0.121. The van der Waals surface area contributed by atoms with E-state index >= 15 is 0 Å². The van der Waals surface area contributed by atoms with Crippen molar-refractivity contribution < 1.29 is 14.3 Å². The Morgan fingerprint density at radius 2 is 2.12 bits per heavy atom. The summed E-state index contributed by atoms with van der Waals surface area (Å²) in [5.74, 6) is -0.178. The van der Waals surface area contributed by atoms with Gasteiger partial charge in [0.15, 0.2) is 0 Å². The lowest BCUT2D eigenvalue weighted by Gasteiger charge is -2.07. The molecule has 0 unspecified atom stereocenters. The van der Waals surface area contributed by atoms with Crippen LogP contribution in [0.1, 0.15) is 0 Å². The van der Waals surface area contributed by atoms with Crippen LogP contribution in [0.25, 0.3) is 0 Å². The molecule has 0 aliphatic carbocycles. The van der Waals surface area contributed by atoms with Gasteiger partial charge in [-0.2, -0.15) is 0 Å². The molecule has 5 heteroatoms. The molecule has 0 saturated heterocycles. The van der Waals surface area contributed by atoms with Crippen LogP contribution in [0.4, 0.5) is 5.69 Å². The number of halogens is 1. The predicted octanol–water partition coefficient (Wildman–Crippen LogP) is 2.05. The summed E-state index contributed by atoms with van der Waals surface area (Å²) < 4.78 is 10.7. The van der Waals surface area contributed by atoms with E-state index in [0.29, 0.717) is 13.2 Å². The maximum Gasteiger partial charge on any atom is 0.250 e. The van der Waals surface area contributed by atoms with E-state index in [0.717, 1.165) is 10.2 Å². The molecule has 0 aromatic heterocycles.